The summed E-state index contributed by atoms with van der Waals surface area (Å²) in [6.07, 6.45) is 0.604. The normalized spacial score (nSPS) is 14.2. The number of nitrogens with zero attached hydrogens (tertiary/aromatic N) is 1. The summed E-state index contributed by atoms with van der Waals surface area (Å²) in [7, 11) is 0. The third-order valence-corrected chi connectivity index (χ3v) is 1.44. The van der Waals surface area contributed by atoms with E-state index in [4.69, 9.17) is 0 Å². The Bertz CT molecular complexity index is 182. The van der Waals surface area contributed by atoms with E-state index < -0.39 is 18.5 Å². The van der Waals surface area contributed by atoms with Gasteiger partial charge in [0.05, 0.1) is 5.92 Å². The van der Waals surface area contributed by atoms with Crippen LogP contribution in [0.2, 0.25) is 0 Å². The molecule has 12 heavy (non-hydrogen) atoms. The maximum atomic E-state index is 12.0. The highest BCUT2D eigenvalue weighted by Gasteiger charge is 2.12. The summed E-state index contributed by atoms with van der Waals surface area (Å²) in [4.78, 5) is 10.8. The van der Waals surface area contributed by atoms with Crippen molar-refractivity contribution in [3.05, 3.63) is 0 Å². The summed E-state index contributed by atoms with van der Waals surface area (Å²) in [5.41, 5.74) is 0. The third-order valence-electron chi connectivity index (χ3n) is 1.44. The first kappa shape index (κ1) is 11.0. The van der Waals surface area contributed by atoms with Crippen molar-refractivity contribution in [1.29, 1.82) is 0 Å². The van der Waals surface area contributed by atoms with Crippen LogP contribution in [0, 0.1) is 5.92 Å². The summed E-state index contributed by atoms with van der Waals surface area (Å²) in [6, 6.07) is 0. The number of hydrogen-bond donors (Lipinski definition) is 0. The van der Waals surface area contributed by atoms with Gasteiger partial charge in [-0.05, 0) is 6.42 Å². The number of carbonyl (C=O) groups is 1. The Hall–Kier alpha value is -1.00. The molecule has 0 aliphatic rings. The first-order valence-electron chi connectivity index (χ1n) is 3.61. The van der Waals surface area contributed by atoms with Gasteiger partial charge < -0.3 is 4.74 Å². The standard InChI is InChI=1S/C7H11F2NO2/c1-3-5(2)7(11)12-4-6(8)10-9/h5H,3-4H2,1-2H3/b10-6-. The Morgan fingerprint density at radius 3 is 2.67 bits per heavy atom. The van der Waals surface area contributed by atoms with Crippen molar-refractivity contribution in [2.75, 3.05) is 6.61 Å². The molecule has 0 fully saturated rings. The highest BCUT2D eigenvalue weighted by Crippen LogP contribution is 2.03. The molecule has 0 aromatic heterocycles. The predicted molar refractivity (Wildman–Crippen MR) is 40.1 cm³/mol. The van der Waals surface area contributed by atoms with Gasteiger partial charge in [0.2, 0.25) is 0 Å². The largest absolute Gasteiger partial charge is 0.456 e. The van der Waals surface area contributed by atoms with Crippen molar-refractivity contribution in [3.8, 4) is 0 Å². The smallest absolute Gasteiger partial charge is 0.309 e. The first-order chi connectivity index (χ1) is 5.61. The van der Waals surface area contributed by atoms with E-state index in [0.717, 1.165) is 0 Å². The minimum absolute atomic E-state index is 0.294. The molecule has 0 N–H and O–H groups in total. The van der Waals surface area contributed by atoms with Crippen molar-refractivity contribution < 1.29 is 18.4 Å². The Labute approximate surface area is 69.4 Å². The molecule has 3 nitrogen and oxygen atoms in total. The third kappa shape index (κ3) is 4.00. The van der Waals surface area contributed by atoms with E-state index in [0.29, 0.717) is 6.42 Å². The molecule has 0 saturated carbocycles. The molecule has 0 aliphatic heterocycles. The Kier molecular flexibility index (Phi) is 5.16. The number of carbonyl (C=O) groups excluding carboxylic acids is 1. The van der Waals surface area contributed by atoms with Crippen LogP contribution in [0.1, 0.15) is 20.3 Å². The number of rotatable bonds is 4. The van der Waals surface area contributed by atoms with Crippen molar-refractivity contribution in [1.82, 2.24) is 0 Å². The predicted octanol–water partition coefficient (Wildman–Crippen LogP) is 1.83. The Morgan fingerprint density at radius 1 is 1.67 bits per heavy atom. The molecule has 0 bridgehead atoms. The second kappa shape index (κ2) is 5.62. The minimum Gasteiger partial charge on any atom is -0.456 e. The van der Waals surface area contributed by atoms with Gasteiger partial charge in [-0.2, -0.15) is 4.39 Å². The topological polar surface area (TPSA) is 38.7 Å². The van der Waals surface area contributed by atoms with Gasteiger partial charge >= 0.3 is 5.97 Å². The molecule has 0 spiro atoms. The lowest BCUT2D eigenvalue weighted by Gasteiger charge is -2.06. The lowest BCUT2D eigenvalue weighted by molar-refractivity contribution is -0.146. The average molecular weight is 179 g/mol. The molecule has 1 atom stereocenters. The van der Waals surface area contributed by atoms with Crippen LogP contribution in [0.25, 0.3) is 0 Å². The van der Waals surface area contributed by atoms with Crippen molar-refractivity contribution in [2.24, 2.45) is 11.1 Å². The highest BCUT2D eigenvalue weighted by atomic mass is 19.2. The minimum atomic E-state index is -1.33. The summed E-state index contributed by atoms with van der Waals surface area (Å²) in [5.74, 6) is -2.17. The second-order valence-electron chi connectivity index (χ2n) is 2.38. The quantitative estimate of drug-likeness (QED) is 0.487. The lowest BCUT2D eigenvalue weighted by Crippen LogP contribution is -2.17. The monoisotopic (exact) mass is 179 g/mol. The second-order valence-corrected chi connectivity index (χ2v) is 2.38. The molecule has 0 saturated heterocycles. The summed E-state index contributed by atoms with van der Waals surface area (Å²) < 4.78 is 27.5. The van der Waals surface area contributed by atoms with Crippen LogP contribution in [0.15, 0.2) is 5.21 Å². The molecule has 0 heterocycles. The van der Waals surface area contributed by atoms with Gasteiger partial charge in [-0.3, -0.25) is 4.79 Å². The van der Waals surface area contributed by atoms with Crippen LogP contribution >= 0.6 is 0 Å². The fourth-order valence-corrected chi connectivity index (χ4v) is 0.464. The molecule has 0 amide bonds. The van der Waals surface area contributed by atoms with Gasteiger partial charge in [-0.1, -0.05) is 23.5 Å². The van der Waals surface area contributed by atoms with Gasteiger partial charge in [0.15, 0.2) is 6.61 Å². The van der Waals surface area contributed by atoms with Crippen LogP contribution < -0.4 is 0 Å². The van der Waals surface area contributed by atoms with Gasteiger partial charge in [0.1, 0.15) is 0 Å². The maximum absolute atomic E-state index is 12.0. The molecule has 5 heteroatoms. The molecule has 70 valence electrons. The molecule has 0 aliphatic carbocycles. The molecular weight excluding hydrogens is 168 g/mol. The van der Waals surface area contributed by atoms with Crippen molar-refractivity contribution in [3.63, 3.8) is 0 Å². The SMILES string of the molecule is CCC(C)C(=O)OC/C(F)=N/F. The van der Waals surface area contributed by atoms with Gasteiger partial charge in [-0.15, -0.1) is 0 Å². The maximum Gasteiger partial charge on any atom is 0.309 e. The van der Waals surface area contributed by atoms with E-state index in [1.54, 1.807) is 19.1 Å². The molecule has 0 aromatic rings. The fraction of sp³-hybridized carbons (Fsp3) is 0.714. The zero-order valence-corrected chi connectivity index (χ0v) is 7.01. The summed E-state index contributed by atoms with van der Waals surface area (Å²) >= 11 is 0. The number of esters is 1. The zero-order chi connectivity index (χ0) is 9.56. The summed E-state index contributed by atoms with van der Waals surface area (Å²) in [5, 5.41) is 1.72. The first-order valence-corrected chi connectivity index (χ1v) is 3.61. The van der Waals surface area contributed by atoms with E-state index >= 15 is 0 Å². The molecule has 0 radical (unpaired) electrons. The van der Waals surface area contributed by atoms with Gasteiger partial charge in [0.25, 0.3) is 5.97 Å². The lowest BCUT2D eigenvalue weighted by atomic mass is 10.1. The van der Waals surface area contributed by atoms with Crippen molar-refractivity contribution in [2.45, 2.75) is 20.3 Å². The number of halogens is 2. The molecule has 0 aromatic carbocycles. The number of ether oxygens (including phenoxy) is 1. The highest BCUT2D eigenvalue weighted by molar-refractivity contribution is 5.79. The molecular formula is C7H11F2NO2. The van der Waals surface area contributed by atoms with Crippen LogP contribution in [0.3, 0.4) is 0 Å². The molecule has 1 unspecified atom stereocenters. The zero-order valence-electron chi connectivity index (χ0n) is 7.01. The summed E-state index contributed by atoms with van der Waals surface area (Å²) in [6.45, 7) is 2.72. The van der Waals surface area contributed by atoms with Crippen LogP contribution in [0.4, 0.5) is 8.87 Å². The van der Waals surface area contributed by atoms with E-state index in [-0.39, 0.29) is 5.92 Å². The van der Waals surface area contributed by atoms with E-state index in [2.05, 4.69) is 4.74 Å². The van der Waals surface area contributed by atoms with E-state index in [1.807, 2.05) is 0 Å². The van der Waals surface area contributed by atoms with Crippen molar-refractivity contribution >= 4 is 11.9 Å². The molecule has 0 rings (SSSR count). The Morgan fingerprint density at radius 2 is 2.25 bits per heavy atom. The Balaban J connectivity index is 3.72. The van der Waals surface area contributed by atoms with Crippen LogP contribution in [-0.2, 0) is 9.53 Å². The van der Waals surface area contributed by atoms with Gasteiger partial charge in [-0.25, -0.2) is 0 Å². The average Bonchev–Trinajstić information content (AvgIpc) is 2.11. The number of hydrogen-bond acceptors (Lipinski definition) is 3. The van der Waals surface area contributed by atoms with Crippen LogP contribution in [-0.4, -0.2) is 18.5 Å². The van der Waals surface area contributed by atoms with Crippen LogP contribution in [0.5, 0.6) is 0 Å². The fourth-order valence-electron chi connectivity index (χ4n) is 0.464. The van der Waals surface area contributed by atoms with E-state index in [9.17, 15) is 13.7 Å². The van der Waals surface area contributed by atoms with E-state index in [1.165, 1.54) is 0 Å². The van der Waals surface area contributed by atoms with Gasteiger partial charge in [0, 0.05) is 0 Å².